The maximum atomic E-state index is 12.7. The molecule has 20 heavy (non-hydrogen) atoms. The second-order valence-corrected chi connectivity index (χ2v) is 4.85. The third kappa shape index (κ3) is 2.29. The van der Waals surface area contributed by atoms with Gasteiger partial charge in [-0.3, -0.25) is 9.67 Å². The molecule has 1 aliphatic rings. The second-order valence-electron chi connectivity index (χ2n) is 4.85. The number of halogens is 3. The highest BCUT2D eigenvalue weighted by atomic mass is 19.4. The van der Waals surface area contributed by atoms with Crippen molar-refractivity contribution >= 4 is 0 Å². The second kappa shape index (κ2) is 4.59. The van der Waals surface area contributed by atoms with E-state index in [9.17, 15) is 13.2 Å². The fraction of sp³-hybridized carbons (Fsp3) is 0.385. The SMILES string of the molecule is N[C@H]1CCCn2nc(-c3ccnc(C(F)(F)F)c3)cc21. The first kappa shape index (κ1) is 13.1. The largest absolute Gasteiger partial charge is 0.433 e. The summed E-state index contributed by atoms with van der Waals surface area (Å²) in [5.41, 5.74) is 6.85. The Morgan fingerprint density at radius 2 is 2.10 bits per heavy atom. The van der Waals surface area contributed by atoms with Gasteiger partial charge in [-0.2, -0.15) is 18.3 Å². The van der Waals surface area contributed by atoms with Crippen molar-refractivity contribution in [2.24, 2.45) is 5.73 Å². The molecule has 0 radical (unpaired) electrons. The number of aryl methyl sites for hydroxylation is 1. The average molecular weight is 282 g/mol. The maximum absolute atomic E-state index is 12.7. The molecule has 2 aromatic rings. The van der Waals surface area contributed by atoms with Crippen LogP contribution >= 0.6 is 0 Å². The summed E-state index contributed by atoms with van der Waals surface area (Å²) in [6, 6.07) is 4.20. The molecule has 2 N–H and O–H groups in total. The van der Waals surface area contributed by atoms with E-state index in [1.165, 1.54) is 6.07 Å². The Morgan fingerprint density at radius 3 is 2.80 bits per heavy atom. The number of hydrogen-bond acceptors (Lipinski definition) is 3. The summed E-state index contributed by atoms with van der Waals surface area (Å²) in [4.78, 5) is 3.35. The van der Waals surface area contributed by atoms with Crippen LogP contribution in [-0.4, -0.2) is 14.8 Å². The Balaban J connectivity index is 2.02. The first-order valence-electron chi connectivity index (χ1n) is 6.32. The topological polar surface area (TPSA) is 56.7 Å². The molecule has 0 spiro atoms. The third-order valence-corrected chi connectivity index (χ3v) is 3.42. The molecular weight excluding hydrogens is 269 g/mol. The number of pyridine rings is 1. The van der Waals surface area contributed by atoms with Gasteiger partial charge < -0.3 is 5.73 Å². The molecule has 3 rings (SSSR count). The summed E-state index contributed by atoms with van der Waals surface area (Å²) < 4.78 is 39.8. The molecule has 3 heterocycles. The molecule has 2 aromatic heterocycles. The Bertz CT molecular complexity index is 633. The van der Waals surface area contributed by atoms with Crippen LogP contribution in [0.1, 0.15) is 30.3 Å². The van der Waals surface area contributed by atoms with Gasteiger partial charge in [-0.05, 0) is 31.0 Å². The van der Waals surface area contributed by atoms with E-state index in [1.54, 1.807) is 10.7 Å². The van der Waals surface area contributed by atoms with Crippen LogP contribution in [0, 0.1) is 0 Å². The Labute approximate surface area is 113 Å². The third-order valence-electron chi connectivity index (χ3n) is 3.42. The number of fused-ring (bicyclic) bond motifs is 1. The summed E-state index contributed by atoms with van der Waals surface area (Å²) in [5.74, 6) is 0. The normalized spacial score (nSPS) is 18.9. The summed E-state index contributed by atoms with van der Waals surface area (Å²) in [6.45, 7) is 0.750. The highest BCUT2D eigenvalue weighted by molar-refractivity contribution is 5.59. The van der Waals surface area contributed by atoms with Gasteiger partial charge >= 0.3 is 6.18 Å². The number of alkyl halides is 3. The van der Waals surface area contributed by atoms with E-state index in [0.717, 1.165) is 37.3 Å². The van der Waals surface area contributed by atoms with E-state index in [-0.39, 0.29) is 6.04 Å². The minimum absolute atomic E-state index is 0.103. The molecule has 0 unspecified atom stereocenters. The van der Waals surface area contributed by atoms with Crippen molar-refractivity contribution in [3.63, 3.8) is 0 Å². The maximum Gasteiger partial charge on any atom is 0.433 e. The molecule has 106 valence electrons. The van der Waals surface area contributed by atoms with Gasteiger partial charge in [0.1, 0.15) is 5.69 Å². The number of nitrogens with zero attached hydrogens (tertiary/aromatic N) is 3. The molecular formula is C13H13F3N4. The minimum Gasteiger partial charge on any atom is -0.323 e. The van der Waals surface area contributed by atoms with E-state index in [2.05, 4.69) is 10.1 Å². The van der Waals surface area contributed by atoms with Crippen LogP contribution in [0.4, 0.5) is 13.2 Å². The van der Waals surface area contributed by atoms with Gasteiger partial charge in [0.15, 0.2) is 0 Å². The van der Waals surface area contributed by atoms with Gasteiger partial charge in [0, 0.05) is 24.3 Å². The van der Waals surface area contributed by atoms with Crippen molar-refractivity contribution in [2.45, 2.75) is 31.6 Å². The quantitative estimate of drug-likeness (QED) is 0.875. The van der Waals surface area contributed by atoms with Crippen molar-refractivity contribution in [2.75, 3.05) is 0 Å². The lowest BCUT2D eigenvalue weighted by atomic mass is 10.0. The van der Waals surface area contributed by atoms with Gasteiger partial charge in [-0.15, -0.1) is 0 Å². The Kier molecular flexibility index (Phi) is 3.01. The van der Waals surface area contributed by atoms with E-state index in [0.29, 0.717) is 11.3 Å². The number of aromatic nitrogens is 3. The van der Waals surface area contributed by atoms with Crippen LogP contribution in [0.15, 0.2) is 24.4 Å². The first-order chi connectivity index (χ1) is 9.45. The first-order valence-corrected chi connectivity index (χ1v) is 6.32. The minimum atomic E-state index is -4.45. The fourth-order valence-corrected chi connectivity index (χ4v) is 2.40. The molecule has 4 nitrogen and oxygen atoms in total. The molecule has 0 saturated carbocycles. The van der Waals surface area contributed by atoms with Crippen LogP contribution in [0.25, 0.3) is 11.3 Å². The summed E-state index contributed by atoms with van der Waals surface area (Å²) >= 11 is 0. The van der Waals surface area contributed by atoms with Crippen molar-refractivity contribution in [3.8, 4) is 11.3 Å². The predicted molar refractivity (Wildman–Crippen MR) is 66.6 cm³/mol. The lowest BCUT2D eigenvalue weighted by Crippen LogP contribution is -2.21. The number of nitrogens with two attached hydrogens (primary N) is 1. The molecule has 0 saturated heterocycles. The molecule has 0 fully saturated rings. The monoisotopic (exact) mass is 282 g/mol. The van der Waals surface area contributed by atoms with Crippen molar-refractivity contribution in [1.29, 1.82) is 0 Å². The Hall–Kier alpha value is -1.89. The Morgan fingerprint density at radius 1 is 1.30 bits per heavy atom. The van der Waals surface area contributed by atoms with Crippen molar-refractivity contribution < 1.29 is 13.2 Å². The fourth-order valence-electron chi connectivity index (χ4n) is 2.40. The van der Waals surface area contributed by atoms with Gasteiger partial charge in [0.2, 0.25) is 0 Å². The predicted octanol–water partition coefficient (Wildman–Crippen LogP) is 2.76. The standard InChI is InChI=1S/C13H13F3N4/c14-13(15,16)12-6-8(3-4-18-12)10-7-11-9(17)2-1-5-20(11)19-10/h3-4,6-7,9H,1-2,5,17H2/t9-/m0/s1. The highest BCUT2D eigenvalue weighted by Crippen LogP contribution is 2.32. The summed E-state index contributed by atoms with van der Waals surface area (Å²) in [5, 5.41) is 4.34. The van der Waals surface area contributed by atoms with Crippen molar-refractivity contribution in [1.82, 2.24) is 14.8 Å². The molecule has 0 amide bonds. The zero-order valence-electron chi connectivity index (χ0n) is 10.6. The van der Waals surface area contributed by atoms with Crippen LogP contribution in [0.5, 0.6) is 0 Å². The molecule has 0 aliphatic carbocycles. The van der Waals surface area contributed by atoms with E-state index in [4.69, 9.17) is 5.73 Å². The number of rotatable bonds is 1. The molecule has 7 heteroatoms. The highest BCUT2D eigenvalue weighted by Gasteiger charge is 2.32. The molecule has 1 aliphatic heterocycles. The van der Waals surface area contributed by atoms with Gasteiger partial charge in [-0.1, -0.05) is 0 Å². The molecule has 0 aromatic carbocycles. The summed E-state index contributed by atoms with van der Waals surface area (Å²) in [7, 11) is 0. The van der Waals surface area contributed by atoms with Gasteiger partial charge in [0.05, 0.1) is 11.4 Å². The zero-order valence-corrected chi connectivity index (χ0v) is 10.6. The smallest absolute Gasteiger partial charge is 0.323 e. The van der Waals surface area contributed by atoms with E-state index < -0.39 is 11.9 Å². The lowest BCUT2D eigenvalue weighted by molar-refractivity contribution is -0.141. The summed E-state index contributed by atoms with van der Waals surface area (Å²) in [6.07, 6.45) is -1.50. The van der Waals surface area contributed by atoms with Crippen LogP contribution in [-0.2, 0) is 12.7 Å². The van der Waals surface area contributed by atoms with Crippen LogP contribution < -0.4 is 5.73 Å². The van der Waals surface area contributed by atoms with Crippen molar-refractivity contribution in [3.05, 3.63) is 35.8 Å². The van der Waals surface area contributed by atoms with Crippen LogP contribution in [0.2, 0.25) is 0 Å². The lowest BCUT2D eigenvalue weighted by Gasteiger charge is -2.19. The van der Waals surface area contributed by atoms with Gasteiger partial charge in [0.25, 0.3) is 0 Å². The van der Waals surface area contributed by atoms with E-state index in [1.807, 2.05) is 0 Å². The molecule has 0 bridgehead atoms. The number of hydrogen-bond donors (Lipinski definition) is 1. The van der Waals surface area contributed by atoms with Gasteiger partial charge in [-0.25, -0.2) is 0 Å². The molecule has 1 atom stereocenters. The average Bonchev–Trinajstić information content (AvgIpc) is 2.83. The van der Waals surface area contributed by atoms with Crippen LogP contribution in [0.3, 0.4) is 0 Å². The van der Waals surface area contributed by atoms with E-state index >= 15 is 0 Å². The zero-order chi connectivity index (χ0) is 14.3.